The molecule has 0 N–H and O–H groups in total. The number of aromatic nitrogens is 5. The molecule has 1 amide bonds. The number of rotatable bonds is 2. The van der Waals surface area contributed by atoms with Crippen molar-refractivity contribution in [3.63, 3.8) is 0 Å². The molecule has 2 unspecified atom stereocenters. The van der Waals surface area contributed by atoms with Crippen molar-refractivity contribution in [1.82, 2.24) is 29.6 Å². The average Bonchev–Trinajstić information content (AvgIpc) is 3.16. The number of piperidine rings is 1. The third kappa shape index (κ3) is 3.17. The summed E-state index contributed by atoms with van der Waals surface area (Å²) in [6, 6.07) is 4.96. The first kappa shape index (κ1) is 19.7. The van der Waals surface area contributed by atoms with Crippen LogP contribution in [0, 0.1) is 6.92 Å². The van der Waals surface area contributed by atoms with Crippen LogP contribution >= 0.6 is 0 Å². The molecule has 0 aliphatic carbocycles. The molecule has 7 nitrogen and oxygen atoms in total. The van der Waals surface area contributed by atoms with Gasteiger partial charge in [-0.15, -0.1) is 10.2 Å². The molecule has 2 bridgehead atoms. The minimum atomic E-state index is -4.51. The summed E-state index contributed by atoms with van der Waals surface area (Å²) in [6.07, 6.45) is 1.08. The summed E-state index contributed by atoms with van der Waals surface area (Å²) in [7, 11) is 0. The van der Waals surface area contributed by atoms with Crippen LogP contribution in [0.2, 0.25) is 0 Å². The minimum Gasteiger partial charge on any atom is -0.324 e. The smallest absolute Gasteiger partial charge is 0.324 e. The number of hydrogen-bond acceptors (Lipinski definition) is 5. The summed E-state index contributed by atoms with van der Waals surface area (Å²) in [5.74, 6) is 1.21. The average molecular weight is 428 g/mol. The number of benzene rings is 1. The monoisotopic (exact) mass is 428 g/mol. The van der Waals surface area contributed by atoms with Crippen LogP contribution in [0.5, 0.6) is 0 Å². The van der Waals surface area contributed by atoms with E-state index in [0.717, 1.165) is 18.9 Å². The summed E-state index contributed by atoms with van der Waals surface area (Å²) in [6.45, 7) is 1.80. The number of nitrogens with zero attached hydrogens (tertiary/aromatic N) is 6. The molecular weight excluding hydrogens is 409 g/mol. The van der Waals surface area contributed by atoms with E-state index in [2.05, 4.69) is 20.2 Å². The van der Waals surface area contributed by atoms with Gasteiger partial charge in [-0.2, -0.15) is 13.2 Å². The lowest BCUT2D eigenvalue weighted by molar-refractivity contribution is -0.138. The number of alkyl halides is 3. The highest BCUT2D eigenvalue weighted by Crippen LogP contribution is 2.41. The van der Waals surface area contributed by atoms with Gasteiger partial charge in [0.1, 0.15) is 0 Å². The molecule has 0 saturated carbocycles. The molecule has 10 heteroatoms. The Morgan fingerprint density at radius 2 is 1.87 bits per heavy atom. The van der Waals surface area contributed by atoms with Crippen LogP contribution in [0.4, 0.5) is 13.2 Å². The van der Waals surface area contributed by atoms with Crippen molar-refractivity contribution in [2.24, 2.45) is 0 Å². The van der Waals surface area contributed by atoms with Crippen LogP contribution in [0.3, 0.4) is 0 Å². The minimum absolute atomic E-state index is 0.0523. The summed E-state index contributed by atoms with van der Waals surface area (Å²) in [5.41, 5.74) is -0.762. The molecule has 1 saturated heterocycles. The Kier molecular flexibility index (Phi) is 4.53. The molecule has 2 aliphatic rings. The quantitative estimate of drug-likeness (QED) is 0.620. The third-order valence-electron chi connectivity index (χ3n) is 6.08. The fraction of sp³-hybridized carbons (Fsp3) is 0.381. The van der Waals surface area contributed by atoms with Gasteiger partial charge in [-0.3, -0.25) is 4.79 Å². The van der Waals surface area contributed by atoms with Gasteiger partial charge < -0.3 is 9.47 Å². The second-order valence-electron chi connectivity index (χ2n) is 7.85. The van der Waals surface area contributed by atoms with E-state index >= 15 is 0 Å². The number of halogens is 3. The molecule has 3 aromatic rings. The molecule has 2 atom stereocenters. The topological polar surface area (TPSA) is 76.8 Å². The second-order valence-corrected chi connectivity index (χ2v) is 7.85. The number of fused-ring (bicyclic) bond motifs is 4. The van der Waals surface area contributed by atoms with E-state index in [1.165, 1.54) is 19.1 Å². The van der Waals surface area contributed by atoms with Crippen molar-refractivity contribution >= 4 is 5.91 Å². The van der Waals surface area contributed by atoms with Gasteiger partial charge in [0.25, 0.3) is 5.91 Å². The Hall–Kier alpha value is -3.30. The number of hydrogen-bond donors (Lipinski definition) is 0. The Morgan fingerprint density at radius 3 is 2.61 bits per heavy atom. The van der Waals surface area contributed by atoms with Crippen LogP contribution in [0.15, 0.2) is 36.7 Å². The van der Waals surface area contributed by atoms with Crippen molar-refractivity contribution < 1.29 is 18.0 Å². The second kappa shape index (κ2) is 7.14. The largest absolute Gasteiger partial charge is 0.416 e. The van der Waals surface area contributed by atoms with E-state index in [4.69, 9.17) is 0 Å². The maximum Gasteiger partial charge on any atom is 0.416 e. The lowest BCUT2D eigenvalue weighted by Gasteiger charge is -2.46. The fourth-order valence-corrected chi connectivity index (χ4v) is 4.67. The summed E-state index contributed by atoms with van der Waals surface area (Å²) < 4.78 is 42.0. The maximum absolute atomic E-state index is 13.5. The van der Waals surface area contributed by atoms with Crippen LogP contribution in [-0.4, -0.2) is 41.6 Å². The molecule has 4 heterocycles. The van der Waals surface area contributed by atoms with Crippen molar-refractivity contribution in [3.05, 3.63) is 59.2 Å². The van der Waals surface area contributed by atoms with Gasteiger partial charge in [-0.25, -0.2) is 9.97 Å². The predicted molar refractivity (Wildman–Crippen MR) is 104 cm³/mol. The zero-order valence-electron chi connectivity index (χ0n) is 16.7. The van der Waals surface area contributed by atoms with E-state index < -0.39 is 17.6 Å². The SMILES string of the molecule is Cc1c(C(=O)N2C3CCCC2c2nnc(-c4ncccn4)n2C3)cccc1C(F)(F)F. The van der Waals surface area contributed by atoms with Gasteiger partial charge >= 0.3 is 6.18 Å². The van der Waals surface area contributed by atoms with Gasteiger partial charge in [0.2, 0.25) is 5.82 Å². The van der Waals surface area contributed by atoms with Crippen LogP contribution < -0.4 is 0 Å². The van der Waals surface area contributed by atoms with Crippen LogP contribution in [0.25, 0.3) is 11.6 Å². The zero-order chi connectivity index (χ0) is 21.8. The Bertz CT molecular complexity index is 1140. The summed E-state index contributed by atoms with van der Waals surface area (Å²) in [4.78, 5) is 23.7. The van der Waals surface area contributed by atoms with E-state index in [1.807, 2.05) is 4.57 Å². The Labute approximate surface area is 176 Å². The standard InChI is InChI=1S/C21H19F3N6O/c1-12-14(6-3-7-15(12)21(22,23)24)20(31)30-13-5-2-8-16(30)18-27-28-19(29(18)11-13)17-25-9-4-10-26-17/h3-4,6-7,9-10,13,16H,2,5,8,11H2,1H3. The lowest BCUT2D eigenvalue weighted by atomic mass is 9.90. The molecule has 31 heavy (non-hydrogen) atoms. The van der Waals surface area contributed by atoms with E-state index in [1.54, 1.807) is 23.4 Å². The molecule has 0 radical (unpaired) electrons. The Morgan fingerprint density at radius 1 is 1.10 bits per heavy atom. The van der Waals surface area contributed by atoms with Gasteiger partial charge in [-0.1, -0.05) is 6.07 Å². The van der Waals surface area contributed by atoms with Crippen molar-refractivity contribution in [2.45, 2.75) is 51.0 Å². The first-order chi connectivity index (χ1) is 14.9. The molecule has 2 aliphatic heterocycles. The van der Waals surface area contributed by atoms with Gasteiger partial charge in [0, 0.05) is 24.5 Å². The fourth-order valence-electron chi connectivity index (χ4n) is 4.67. The first-order valence-electron chi connectivity index (χ1n) is 10.1. The highest BCUT2D eigenvalue weighted by molar-refractivity contribution is 5.96. The van der Waals surface area contributed by atoms with Crippen molar-refractivity contribution in [1.29, 1.82) is 0 Å². The molecule has 5 rings (SSSR count). The molecule has 0 spiro atoms. The van der Waals surface area contributed by atoms with E-state index in [9.17, 15) is 18.0 Å². The van der Waals surface area contributed by atoms with Gasteiger partial charge in [0.15, 0.2) is 11.6 Å². The number of carbonyl (C=O) groups excluding carboxylic acids is 1. The summed E-state index contributed by atoms with van der Waals surface area (Å²) in [5, 5.41) is 8.58. The molecular formula is C21H19F3N6O. The van der Waals surface area contributed by atoms with Gasteiger partial charge in [-0.05, 0) is 49.9 Å². The van der Waals surface area contributed by atoms with E-state index in [0.29, 0.717) is 30.4 Å². The normalized spacial score (nSPS) is 20.5. The molecule has 1 aromatic carbocycles. The summed E-state index contributed by atoms with van der Waals surface area (Å²) >= 11 is 0. The lowest BCUT2D eigenvalue weighted by Crippen LogP contribution is -2.52. The molecule has 2 aromatic heterocycles. The maximum atomic E-state index is 13.5. The highest BCUT2D eigenvalue weighted by atomic mass is 19.4. The molecule has 160 valence electrons. The highest BCUT2D eigenvalue weighted by Gasteiger charge is 2.44. The third-order valence-corrected chi connectivity index (χ3v) is 6.08. The van der Waals surface area contributed by atoms with Crippen molar-refractivity contribution in [2.75, 3.05) is 0 Å². The van der Waals surface area contributed by atoms with Crippen LogP contribution in [0.1, 0.15) is 52.6 Å². The predicted octanol–water partition coefficient (Wildman–Crippen LogP) is 3.81. The zero-order valence-corrected chi connectivity index (χ0v) is 16.7. The molecule has 1 fully saturated rings. The number of carbonyl (C=O) groups is 1. The number of amides is 1. The van der Waals surface area contributed by atoms with E-state index in [-0.39, 0.29) is 23.2 Å². The van der Waals surface area contributed by atoms with Crippen molar-refractivity contribution in [3.8, 4) is 11.6 Å². The van der Waals surface area contributed by atoms with Crippen LogP contribution in [-0.2, 0) is 12.7 Å². The van der Waals surface area contributed by atoms with Gasteiger partial charge in [0.05, 0.1) is 17.6 Å². The first-order valence-corrected chi connectivity index (χ1v) is 10.1. The Balaban J connectivity index is 1.55.